The van der Waals surface area contributed by atoms with Gasteiger partial charge in [0.2, 0.25) is 23.6 Å². The van der Waals surface area contributed by atoms with E-state index in [1.54, 1.807) is 0 Å². The van der Waals surface area contributed by atoms with Crippen LogP contribution < -0.4 is 31.5 Å². The molecule has 1 saturated carbocycles. The fraction of sp³-hybridized carbons (Fsp3) is 0.684. The molecule has 2 spiro atoms. The summed E-state index contributed by atoms with van der Waals surface area (Å²) in [5.74, 6) is -12.0. The van der Waals surface area contributed by atoms with Crippen molar-refractivity contribution in [3.8, 4) is 0 Å². The number of Topliss-reactive ketones (excluding diaryl/α,β-unsaturated/α-hetero) is 1. The summed E-state index contributed by atoms with van der Waals surface area (Å²) < 4.78 is 5.54. The number of anilines is 1. The largest absolute Gasteiger partial charge is 0.481 e. The van der Waals surface area contributed by atoms with Crippen LogP contribution in [0.4, 0.5) is 5.69 Å². The highest BCUT2D eigenvalue weighted by atomic mass is 33.1. The molecule has 8 aliphatic rings. The van der Waals surface area contributed by atoms with Crippen molar-refractivity contribution in [2.24, 2.45) is 23.2 Å². The minimum absolute atomic E-state index is 0.0357. The van der Waals surface area contributed by atoms with Crippen LogP contribution in [0, 0.1) is 23.2 Å². The second kappa shape index (κ2) is 37.5. The number of carboxylic acid groups (broad SMARTS) is 2. The maximum Gasteiger partial charge on any atom is 0.327 e. The van der Waals surface area contributed by atoms with E-state index in [1.807, 2.05) is 31.0 Å². The van der Waals surface area contributed by atoms with Crippen LogP contribution in [0.15, 0.2) is 54.1 Å². The first kappa shape index (κ1) is 89.6. The lowest BCUT2D eigenvalue weighted by atomic mass is 9.46. The number of carbonyl (C=O) groups excluding carboxylic acids is 7. The van der Waals surface area contributed by atoms with E-state index in [0.717, 1.165) is 65.2 Å². The SMILES string of the molecule is CC[C@]1(O)CC2CN(CCC3=C(Cc4ccccc43)[C@]3(C2)c2cc4c(cc2C3C)N(C)[C@H]2[C@@](O)(C(=O)NCC(=O)OCCSSC[C@H](NC(=O)[C@H](CCC(=O)NC[C@H](O)[C@@H](O)[C@H](O)[C@H](O)CO)CC(=O)C(CCC(=O)O)NC(=O)[C@@H](C)CCC(=O)NC[C@H](O)[C@@H](O)[C@H](O)[C@H](O)CO)C(=O)O)[C@H](O)[C@]3(CC)C=CCN5CC[C@]42[C@@H]53)C1. The second-order valence-electron chi connectivity index (χ2n) is 32.5. The lowest BCUT2D eigenvalue weighted by molar-refractivity contribution is -0.203. The molecule has 4 unspecified atom stereocenters. The predicted molar refractivity (Wildman–Crippen MR) is 416 cm³/mol. The van der Waals surface area contributed by atoms with Crippen LogP contribution in [0.5, 0.6) is 0 Å². The highest BCUT2D eigenvalue weighted by Gasteiger charge is 2.79. The van der Waals surface area contributed by atoms with Gasteiger partial charge in [0.25, 0.3) is 5.91 Å². The monoisotopic (exact) mass is 1640 g/mol. The number of piperidine rings is 1. The summed E-state index contributed by atoms with van der Waals surface area (Å²) in [6, 6.07) is 8.72. The minimum atomic E-state index is -2.51. The molecule has 0 radical (unpaired) electrons. The number of amides is 5. The number of ether oxygens (including phenoxy) is 1. The Morgan fingerprint density at radius 1 is 0.728 bits per heavy atom. The van der Waals surface area contributed by atoms with Gasteiger partial charge in [0.15, 0.2) is 11.4 Å². The predicted octanol–water partition coefficient (Wildman–Crippen LogP) is -2.65. The number of likely N-dealkylation sites (N-methyl/N-ethyl adjacent to an activating group) is 1. The number of fused-ring (bicyclic) bond motifs is 8. The van der Waals surface area contributed by atoms with Gasteiger partial charge in [0, 0.05) is 123 Å². The normalized spacial score (nSPS) is 29.5. The van der Waals surface area contributed by atoms with E-state index in [9.17, 15) is 105 Å². The number of benzene rings is 2. The molecule has 10 rings (SSSR count). The summed E-state index contributed by atoms with van der Waals surface area (Å²) in [5, 5.41) is 169. The first-order valence-corrected chi connectivity index (χ1v) is 42.0. The summed E-state index contributed by atoms with van der Waals surface area (Å²) in [6.07, 6.45) is -12.1. The number of aliphatic hydroxyl groups excluding tert-OH is 11. The maximum atomic E-state index is 15.3. The Morgan fingerprint density at radius 2 is 1.37 bits per heavy atom. The topological polar surface area (TPSA) is 536 Å². The molecule has 2 aromatic carbocycles. The summed E-state index contributed by atoms with van der Waals surface area (Å²) in [6.45, 7) is 7.03. The van der Waals surface area contributed by atoms with E-state index in [-0.39, 0.29) is 54.2 Å². The standard InChI is InChI=1S/C79H114N8O25S2/c1-6-75(110)31-43-32-78(49-27-44-11-8-9-12-46(44)47(49)19-23-86(36-43)40-75)42(4)48-29-54-51(30-50(48)78)77-21-24-87-22-10-20-76(7-2,71(77)87)73(108)79(111,72(77)85(54)5)74(109)82-35-63(99)112-25-26-113-114-39-53(70(106)107)84-69(105)45(14-17-61(96)81-34-57(92)65(101)67(103)59(94)38-89)28-55(90)52(15-18-62(97)98)83-68(104)41(3)13-16-60(95)80-33-56(91)64(100)66(102)58(93)37-88/h8-12,20,29-30,41-43,45,52-53,56-59,64-67,71-73,88-89,91-94,100-103,108,110-111H,6-7,13-19,21-28,31-40H2,1-5H3,(H,80,95)(H,81,96)(H,82,109)(H,83,104)(H,84,105)(H,97,98)(H,106,107)/t41-,42?,43?,45+,52?,53-,56-,57-,58+,59+,64+,65+,66+,67+,71-,72+,73+,75-,76+,77+,78+,79-/m0/s1. The number of hydrogen-bond acceptors (Lipinski definition) is 28. The van der Waals surface area contributed by atoms with Gasteiger partial charge in [-0.3, -0.25) is 48.2 Å². The maximum absolute atomic E-state index is 15.3. The Hall–Kier alpha value is -6.75. The number of nitrogens with zero attached hydrogens (tertiary/aromatic N) is 3. The second-order valence-corrected chi connectivity index (χ2v) is 35.2. The molecule has 2 aromatic rings. The van der Waals surface area contributed by atoms with Crippen LogP contribution in [0.3, 0.4) is 0 Å². The van der Waals surface area contributed by atoms with E-state index in [4.69, 9.17) is 14.9 Å². The smallest absolute Gasteiger partial charge is 0.327 e. The quantitative estimate of drug-likeness (QED) is 0.0140. The molecular formula is C79H114N8O25S2. The van der Waals surface area contributed by atoms with E-state index in [2.05, 4.69) is 86.6 Å². The number of esters is 1. The molecule has 632 valence electrons. The number of nitrogens with one attached hydrogen (secondary N) is 5. The van der Waals surface area contributed by atoms with Crippen LogP contribution in [0.1, 0.15) is 145 Å². The molecule has 33 nitrogen and oxygen atoms in total. The van der Waals surface area contributed by atoms with E-state index < -0.39 is 225 Å². The number of allylic oxidation sites excluding steroid dienone is 1. The Morgan fingerprint density at radius 3 is 2.00 bits per heavy atom. The van der Waals surface area contributed by atoms with Crippen molar-refractivity contribution in [2.75, 3.05) is 95.6 Å². The van der Waals surface area contributed by atoms with E-state index in [0.29, 0.717) is 45.3 Å². The summed E-state index contributed by atoms with van der Waals surface area (Å²) in [7, 11) is 3.84. The van der Waals surface area contributed by atoms with Gasteiger partial charge in [-0.1, -0.05) is 97.3 Å². The minimum Gasteiger partial charge on any atom is -0.481 e. The molecule has 23 atom stereocenters. The number of aliphatic carboxylic acids is 2. The summed E-state index contributed by atoms with van der Waals surface area (Å²) >= 11 is 0. The molecule has 5 heterocycles. The molecule has 0 aromatic heterocycles. The van der Waals surface area contributed by atoms with Gasteiger partial charge >= 0.3 is 17.9 Å². The molecule has 35 heteroatoms. The Bertz CT molecular complexity index is 3930. The van der Waals surface area contributed by atoms with Crippen molar-refractivity contribution in [3.05, 3.63) is 81.9 Å². The number of carboxylic acids is 2. The molecule has 114 heavy (non-hydrogen) atoms. The van der Waals surface area contributed by atoms with Gasteiger partial charge in [-0.05, 0) is 122 Å². The molecule has 2 saturated heterocycles. The van der Waals surface area contributed by atoms with Crippen molar-refractivity contribution in [1.29, 1.82) is 0 Å². The number of carbonyl (C=O) groups is 9. The molecule has 5 aliphatic heterocycles. The zero-order valence-corrected chi connectivity index (χ0v) is 66.6. The van der Waals surface area contributed by atoms with Crippen molar-refractivity contribution < 1.29 is 124 Å². The van der Waals surface area contributed by atoms with Crippen LogP contribution in [0.25, 0.3) is 5.57 Å². The molecule has 20 N–H and O–H groups in total. The molecule has 5 amide bonds. The van der Waals surface area contributed by atoms with Gasteiger partial charge in [0.05, 0.1) is 43.1 Å². The fourth-order valence-corrected chi connectivity index (χ4v) is 21.6. The van der Waals surface area contributed by atoms with Gasteiger partial charge in [-0.25, -0.2) is 4.79 Å². The number of aliphatic hydroxyl groups is 13. The van der Waals surface area contributed by atoms with Crippen LogP contribution in [-0.4, -0.2) is 321 Å². The van der Waals surface area contributed by atoms with Gasteiger partial charge in [-0.2, -0.15) is 0 Å². The molecular weight excluding hydrogens is 1530 g/mol. The highest BCUT2D eigenvalue weighted by molar-refractivity contribution is 8.76. The van der Waals surface area contributed by atoms with Crippen molar-refractivity contribution >= 4 is 86.1 Å². The van der Waals surface area contributed by atoms with Gasteiger partial charge < -0.3 is 113 Å². The zero-order valence-electron chi connectivity index (χ0n) is 65.0. The average Bonchev–Trinajstić information content (AvgIpc) is 1.47. The first-order valence-electron chi connectivity index (χ1n) is 39.5. The number of ketones is 1. The third-order valence-electron chi connectivity index (χ3n) is 25.7. The van der Waals surface area contributed by atoms with E-state index in [1.165, 1.54) is 40.3 Å². The highest BCUT2D eigenvalue weighted by Crippen LogP contribution is 2.70. The fourth-order valence-electron chi connectivity index (χ4n) is 19.6. The van der Waals surface area contributed by atoms with Crippen LogP contribution in [0.2, 0.25) is 0 Å². The third-order valence-corrected chi connectivity index (χ3v) is 28.1. The lowest BCUT2D eigenvalue weighted by Crippen LogP contribution is -2.81. The van der Waals surface area contributed by atoms with Crippen molar-refractivity contribution in [3.63, 3.8) is 0 Å². The Labute approximate surface area is 669 Å². The van der Waals surface area contributed by atoms with Crippen LogP contribution in [-0.2, 0) is 65.1 Å². The van der Waals surface area contributed by atoms with Gasteiger partial charge in [-0.15, -0.1) is 0 Å². The van der Waals surface area contributed by atoms with Crippen molar-refractivity contribution in [1.82, 2.24) is 36.4 Å². The van der Waals surface area contributed by atoms with Crippen LogP contribution >= 0.6 is 21.6 Å². The molecule has 3 fully saturated rings. The van der Waals surface area contributed by atoms with Gasteiger partial charge in [0.1, 0.15) is 61.9 Å². The summed E-state index contributed by atoms with van der Waals surface area (Å²) in [5.41, 5.74) is 3.98. The third kappa shape index (κ3) is 18.0. The Kier molecular flexibility index (Phi) is 29.4. The number of rotatable bonds is 40. The first-order chi connectivity index (χ1) is 54.0. The lowest BCUT2D eigenvalue weighted by Gasteiger charge is -2.63. The van der Waals surface area contributed by atoms with E-state index >= 15 is 4.79 Å². The summed E-state index contributed by atoms with van der Waals surface area (Å²) in [4.78, 5) is 128. The Balaban J connectivity index is 0.781. The average molecular weight is 1640 g/mol. The number of hydrogen-bond donors (Lipinski definition) is 20. The zero-order chi connectivity index (χ0) is 83.3. The van der Waals surface area contributed by atoms with Crippen molar-refractivity contribution in [2.45, 2.75) is 225 Å². The molecule has 3 aliphatic carbocycles. The molecule has 2 bridgehead atoms.